The monoisotopic (exact) mass is 663 g/mol. The second kappa shape index (κ2) is 12.6. The van der Waals surface area contributed by atoms with Crippen LogP contribution in [0.25, 0.3) is 82.4 Å². The maximum absolute atomic E-state index is 5.30. The van der Waals surface area contributed by atoms with Crippen molar-refractivity contribution in [2.75, 3.05) is 0 Å². The van der Waals surface area contributed by atoms with E-state index in [9.17, 15) is 0 Å². The SMILES string of the molecule is C1=CC(c2cccnc2)CC(c2cc(-c3ccc(-c4cccc5ccccc45)cc3)nc(-c3ccc4c5ccccc5c5ccccc5c4c3)n2)=C1. The van der Waals surface area contributed by atoms with Crippen LogP contribution in [-0.4, -0.2) is 15.0 Å². The van der Waals surface area contributed by atoms with Crippen molar-refractivity contribution >= 4 is 48.7 Å². The fourth-order valence-electron chi connectivity index (χ4n) is 7.93. The molecule has 2 heterocycles. The molecule has 10 rings (SSSR count). The predicted octanol–water partition coefficient (Wildman–Crippen LogP) is 12.6. The molecule has 3 nitrogen and oxygen atoms in total. The summed E-state index contributed by atoms with van der Waals surface area (Å²) in [6.07, 6.45) is 11.3. The molecule has 244 valence electrons. The van der Waals surface area contributed by atoms with Crippen molar-refractivity contribution in [3.8, 4) is 33.8 Å². The lowest BCUT2D eigenvalue weighted by Crippen LogP contribution is -2.04. The number of pyridine rings is 1. The maximum atomic E-state index is 5.30. The molecular formula is C49H33N3. The Hall–Kier alpha value is -6.71. The van der Waals surface area contributed by atoms with Gasteiger partial charge in [0.2, 0.25) is 0 Å². The maximum Gasteiger partial charge on any atom is 0.160 e. The van der Waals surface area contributed by atoms with Gasteiger partial charge in [-0.15, -0.1) is 0 Å². The van der Waals surface area contributed by atoms with Crippen molar-refractivity contribution in [1.82, 2.24) is 15.0 Å². The molecule has 0 bridgehead atoms. The molecule has 1 unspecified atom stereocenters. The predicted molar refractivity (Wildman–Crippen MR) is 217 cm³/mol. The van der Waals surface area contributed by atoms with Gasteiger partial charge in [0.25, 0.3) is 0 Å². The van der Waals surface area contributed by atoms with Crippen LogP contribution in [0.1, 0.15) is 23.6 Å². The first kappa shape index (κ1) is 30.1. The Morgan fingerprint density at radius 3 is 1.87 bits per heavy atom. The van der Waals surface area contributed by atoms with E-state index in [1.54, 1.807) is 0 Å². The molecule has 52 heavy (non-hydrogen) atoms. The lowest BCUT2D eigenvalue weighted by molar-refractivity contribution is 0.855. The van der Waals surface area contributed by atoms with Gasteiger partial charge >= 0.3 is 0 Å². The third-order valence-electron chi connectivity index (χ3n) is 10.5. The van der Waals surface area contributed by atoms with Crippen LogP contribution < -0.4 is 0 Å². The number of benzene rings is 7. The Bertz CT molecular complexity index is 2830. The summed E-state index contributed by atoms with van der Waals surface area (Å²) < 4.78 is 0. The first-order chi connectivity index (χ1) is 25.8. The molecule has 0 amide bonds. The number of rotatable bonds is 5. The molecule has 3 heteroatoms. The molecule has 0 saturated carbocycles. The third kappa shape index (κ3) is 5.26. The van der Waals surface area contributed by atoms with Gasteiger partial charge in [-0.2, -0.15) is 0 Å². The molecule has 0 spiro atoms. The molecule has 7 aromatic carbocycles. The fraction of sp³-hybridized carbons (Fsp3) is 0.0408. The van der Waals surface area contributed by atoms with Gasteiger partial charge in [-0.3, -0.25) is 4.98 Å². The summed E-state index contributed by atoms with van der Waals surface area (Å²) in [5, 5.41) is 9.95. The zero-order valence-corrected chi connectivity index (χ0v) is 28.4. The van der Waals surface area contributed by atoms with Crippen LogP contribution in [-0.2, 0) is 0 Å². The molecule has 0 aliphatic heterocycles. The van der Waals surface area contributed by atoms with Crippen molar-refractivity contribution in [1.29, 1.82) is 0 Å². The van der Waals surface area contributed by atoms with E-state index in [-0.39, 0.29) is 5.92 Å². The van der Waals surface area contributed by atoms with Gasteiger partial charge in [0.1, 0.15) is 0 Å². The lowest BCUT2D eigenvalue weighted by atomic mass is 9.87. The van der Waals surface area contributed by atoms with E-state index >= 15 is 0 Å². The number of nitrogens with zero attached hydrogens (tertiary/aromatic N) is 3. The van der Waals surface area contributed by atoms with Crippen molar-refractivity contribution in [2.45, 2.75) is 12.3 Å². The Labute approximate surface area is 302 Å². The third-order valence-corrected chi connectivity index (χ3v) is 10.5. The Kier molecular flexibility index (Phi) is 7.28. The van der Waals surface area contributed by atoms with Gasteiger partial charge in [-0.1, -0.05) is 152 Å². The number of fused-ring (bicyclic) bond motifs is 7. The van der Waals surface area contributed by atoms with Crippen LogP contribution in [0.3, 0.4) is 0 Å². The number of aromatic nitrogens is 3. The zero-order chi connectivity index (χ0) is 34.4. The molecule has 0 N–H and O–H groups in total. The molecule has 0 saturated heterocycles. The van der Waals surface area contributed by atoms with E-state index in [0.717, 1.165) is 34.8 Å². The lowest BCUT2D eigenvalue weighted by Gasteiger charge is -2.19. The van der Waals surface area contributed by atoms with Gasteiger partial charge in [0, 0.05) is 29.4 Å². The molecule has 0 radical (unpaired) electrons. The van der Waals surface area contributed by atoms with Crippen molar-refractivity contribution in [2.24, 2.45) is 0 Å². The van der Waals surface area contributed by atoms with Gasteiger partial charge < -0.3 is 0 Å². The van der Waals surface area contributed by atoms with Gasteiger partial charge in [0.15, 0.2) is 5.82 Å². The highest BCUT2D eigenvalue weighted by Gasteiger charge is 2.19. The second-order valence-corrected chi connectivity index (χ2v) is 13.6. The van der Waals surface area contributed by atoms with Crippen LogP contribution in [0.5, 0.6) is 0 Å². The van der Waals surface area contributed by atoms with Gasteiger partial charge in [-0.25, -0.2) is 9.97 Å². The van der Waals surface area contributed by atoms with Crippen LogP contribution >= 0.6 is 0 Å². The Morgan fingerprint density at radius 2 is 1.12 bits per heavy atom. The Morgan fingerprint density at radius 1 is 0.481 bits per heavy atom. The normalized spacial score (nSPS) is 14.3. The summed E-state index contributed by atoms with van der Waals surface area (Å²) in [5.74, 6) is 0.953. The second-order valence-electron chi connectivity index (χ2n) is 13.6. The quantitative estimate of drug-likeness (QED) is 0.172. The highest BCUT2D eigenvalue weighted by Crippen LogP contribution is 2.39. The first-order valence-electron chi connectivity index (χ1n) is 17.9. The Balaban J connectivity index is 1.12. The van der Waals surface area contributed by atoms with E-state index < -0.39 is 0 Å². The van der Waals surface area contributed by atoms with E-state index in [0.29, 0.717) is 0 Å². The fourth-order valence-corrected chi connectivity index (χ4v) is 7.93. The molecule has 9 aromatic rings. The number of hydrogen-bond donors (Lipinski definition) is 0. The topological polar surface area (TPSA) is 38.7 Å². The average Bonchev–Trinajstić information content (AvgIpc) is 3.23. The van der Waals surface area contributed by atoms with Crippen LogP contribution in [0.4, 0.5) is 0 Å². The molecule has 0 fully saturated rings. The highest BCUT2D eigenvalue weighted by molar-refractivity contribution is 6.25. The summed E-state index contributed by atoms with van der Waals surface area (Å²) in [4.78, 5) is 15.0. The molecule has 1 aliphatic rings. The average molecular weight is 664 g/mol. The minimum absolute atomic E-state index is 0.232. The molecular weight excluding hydrogens is 631 g/mol. The summed E-state index contributed by atoms with van der Waals surface area (Å²) in [6, 6.07) is 54.3. The minimum atomic E-state index is 0.232. The van der Waals surface area contributed by atoms with E-state index in [1.807, 2.05) is 18.5 Å². The minimum Gasteiger partial charge on any atom is -0.264 e. The summed E-state index contributed by atoms with van der Waals surface area (Å²) in [6.45, 7) is 0. The first-order valence-corrected chi connectivity index (χ1v) is 17.9. The zero-order valence-electron chi connectivity index (χ0n) is 28.4. The van der Waals surface area contributed by atoms with Crippen LogP contribution in [0, 0.1) is 0 Å². The molecule has 2 aromatic heterocycles. The largest absolute Gasteiger partial charge is 0.264 e. The molecule has 1 aliphatic carbocycles. The van der Waals surface area contributed by atoms with Crippen molar-refractivity contribution in [3.05, 3.63) is 194 Å². The smallest absolute Gasteiger partial charge is 0.160 e. The van der Waals surface area contributed by atoms with Gasteiger partial charge in [0.05, 0.1) is 11.4 Å². The summed E-state index contributed by atoms with van der Waals surface area (Å²) in [7, 11) is 0. The van der Waals surface area contributed by atoms with Gasteiger partial charge in [-0.05, 0) is 90.0 Å². The standard InChI is InChI=1S/C49H33N3/c1-2-15-39-32(10-1)11-8-20-40(39)33-21-23-34(24-22-33)47-30-48(36-13-7-12-35(28-36)38-14-9-27-50-31-38)52-49(51-47)37-25-26-45-43-18-4-3-16-41(43)42-17-5-6-19-44(42)46(45)29-37/h1-27,29-31,35H,28H2. The van der Waals surface area contributed by atoms with E-state index in [1.165, 1.54) is 65.4 Å². The van der Waals surface area contributed by atoms with Crippen LogP contribution in [0.15, 0.2) is 182 Å². The van der Waals surface area contributed by atoms with Crippen LogP contribution in [0.2, 0.25) is 0 Å². The number of hydrogen-bond acceptors (Lipinski definition) is 3. The highest BCUT2D eigenvalue weighted by atomic mass is 14.9. The van der Waals surface area contributed by atoms with Crippen molar-refractivity contribution in [3.63, 3.8) is 0 Å². The summed E-state index contributed by atoms with van der Waals surface area (Å²) >= 11 is 0. The molecule has 1 atom stereocenters. The number of allylic oxidation sites excluding steroid dienone is 4. The van der Waals surface area contributed by atoms with E-state index in [4.69, 9.17) is 9.97 Å². The van der Waals surface area contributed by atoms with Crippen molar-refractivity contribution < 1.29 is 0 Å². The van der Waals surface area contributed by atoms with E-state index in [2.05, 4.69) is 169 Å². The summed E-state index contributed by atoms with van der Waals surface area (Å²) in [5.41, 5.74) is 8.71.